The van der Waals surface area contributed by atoms with E-state index in [0.29, 0.717) is 17.3 Å². The van der Waals surface area contributed by atoms with Crippen molar-refractivity contribution in [3.8, 4) is 16.9 Å². The van der Waals surface area contributed by atoms with Crippen LogP contribution in [0, 0.1) is 0 Å². The van der Waals surface area contributed by atoms with Gasteiger partial charge in [0.05, 0.1) is 11.6 Å². The molecule has 1 aromatic heterocycles. The summed E-state index contributed by atoms with van der Waals surface area (Å²) in [4.78, 5) is 8.62. The third-order valence-corrected chi connectivity index (χ3v) is 3.43. The molecule has 106 valence electrons. The minimum atomic E-state index is 0.458. The van der Waals surface area contributed by atoms with Crippen molar-refractivity contribution in [3.05, 3.63) is 65.7 Å². The number of benzene rings is 2. The molecule has 1 heterocycles. The third kappa shape index (κ3) is 3.04. The van der Waals surface area contributed by atoms with E-state index in [0.717, 1.165) is 16.7 Å². The molecule has 0 fully saturated rings. The first-order valence-electron chi connectivity index (χ1n) is 6.34. The highest BCUT2D eigenvalue weighted by Crippen LogP contribution is 2.30. The molecule has 0 atom stereocenters. The molecule has 0 radical (unpaired) electrons. The van der Waals surface area contributed by atoms with Crippen molar-refractivity contribution in [3.63, 3.8) is 0 Å². The van der Waals surface area contributed by atoms with E-state index in [2.05, 4.69) is 21.0 Å². The number of aromatic nitrogens is 3. The van der Waals surface area contributed by atoms with Gasteiger partial charge in [-0.1, -0.05) is 35.9 Å². The number of halogens is 1. The summed E-state index contributed by atoms with van der Waals surface area (Å²) in [5, 5.41) is 4.59. The maximum absolute atomic E-state index is 6.11. The van der Waals surface area contributed by atoms with Gasteiger partial charge in [-0.05, 0) is 34.9 Å². The lowest BCUT2D eigenvalue weighted by atomic mass is 10.0. The van der Waals surface area contributed by atoms with Crippen LogP contribution < -0.4 is 10.7 Å². The molecule has 5 nitrogen and oxygen atoms in total. The molecule has 0 aliphatic heterocycles. The van der Waals surface area contributed by atoms with Gasteiger partial charge in [0.2, 0.25) is 0 Å². The summed E-state index contributed by atoms with van der Waals surface area (Å²) >= 11 is 6.11. The summed E-state index contributed by atoms with van der Waals surface area (Å²) in [6.45, 7) is 0.672. The largest absolute Gasteiger partial charge is 0.410 e. The number of hydrogen-bond acceptors (Lipinski definition) is 4. The Morgan fingerprint density at radius 2 is 2.00 bits per heavy atom. The average molecular weight is 301 g/mol. The molecule has 6 heteroatoms. The van der Waals surface area contributed by atoms with Crippen molar-refractivity contribution in [2.75, 3.05) is 0 Å². The summed E-state index contributed by atoms with van der Waals surface area (Å²) in [7, 11) is 0. The Bertz CT molecular complexity index is 743. The van der Waals surface area contributed by atoms with Crippen LogP contribution in [-0.2, 0) is 6.54 Å². The molecule has 3 aromatic rings. The van der Waals surface area contributed by atoms with E-state index in [-0.39, 0.29) is 0 Å². The van der Waals surface area contributed by atoms with E-state index >= 15 is 0 Å². The normalized spacial score (nSPS) is 10.6. The molecule has 2 aromatic carbocycles. The van der Waals surface area contributed by atoms with E-state index in [4.69, 9.17) is 17.5 Å². The van der Waals surface area contributed by atoms with Crippen molar-refractivity contribution < 1.29 is 4.84 Å². The van der Waals surface area contributed by atoms with Gasteiger partial charge in [-0.3, -0.25) is 0 Å². The molecule has 0 saturated heterocycles. The third-order valence-electron chi connectivity index (χ3n) is 3.13. The molecule has 0 unspecified atom stereocenters. The molecule has 0 aliphatic rings. The summed E-state index contributed by atoms with van der Waals surface area (Å²) in [6, 6.07) is 13.7. The van der Waals surface area contributed by atoms with Gasteiger partial charge in [0.25, 0.3) is 0 Å². The lowest BCUT2D eigenvalue weighted by Crippen LogP contribution is -2.02. The number of nitrogens with zero attached hydrogens (tertiary/aromatic N) is 3. The maximum atomic E-state index is 6.11. The first-order chi connectivity index (χ1) is 10.3. The number of nitrogens with two attached hydrogens (primary N) is 1. The van der Waals surface area contributed by atoms with Crippen LogP contribution in [0.3, 0.4) is 0 Å². The van der Waals surface area contributed by atoms with Crippen molar-refractivity contribution >= 4 is 11.6 Å². The highest BCUT2D eigenvalue weighted by Gasteiger charge is 2.05. The zero-order chi connectivity index (χ0) is 14.7. The molecule has 2 N–H and O–H groups in total. The van der Waals surface area contributed by atoms with Crippen LogP contribution in [0.15, 0.2) is 55.1 Å². The van der Waals surface area contributed by atoms with Crippen LogP contribution in [0.2, 0.25) is 5.02 Å². The fourth-order valence-electron chi connectivity index (χ4n) is 2.13. The van der Waals surface area contributed by atoms with E-state index in [1.54, 1.807) is 17.1 Å². The molecule has 0 saturated carbocycles. The lowest BCUT2D eigenvalue weighted by molar-refractivity contribution is 0.335. The van der Waals surface area contributed by atoms with Crippen LogP contribution in [0.4, 0.5) is 0 Å². The Kier molecular flexibility index (Phi) is 3.85. The SMILES string of the molecule is NOc1ccc(-c2cccc(Cn3cncn3)c2)cc1Cl. The van der Waals surface area contributed by atoms with Crippen molar-refractivity contribution in [1.29, 1.82) is 0 Å². The fraction of sp³-hybridized carbons (Fsp3) is 0.0667. The predicted octanol–water partition coefficient (Wildman–Crippen LogP) is 2.90. The molecule has 3 rings (SSSR count). The predicted molar refractivity (Wildman–Crippen MR) is 80.8 cm³/mol. The monoisotopic (exact) mass is 300 g/mol. The van der Waals surface area contributed by atoms with Gasteiger partial charge in [-0.2, -0.15) is 11.0 Å². The van der Waals surface area contributed by atoms with Gasteiger partial charge in [-0.15, -0.1) is 0 Å². The lowest BCUT2D eigenvalue weighted by Gasteiger charge is -2.08. The Morgan fingerprint density at radius 3 is 2.71 bits per heavy atom. The Balaban J connectivity index is 1.90. The van der Waals surface area contributed by atoms with Gasteiger partial charge in [0, 0.05) is 0 Å². The van der Waals surface area contributed by atoms with E-state index in [1.807, 2.05) is 30.3 Å². The number of hydrogen-bond donors (Lipinski definition) is 1. The smallest absolute Gasteiger partial charge is 0.165 e. The van der Waals surface area contributed by atoms with Crippen LogP contribution >= 0.6 is 11.6 Å². The first kappa shape index (κ1) is 13.6. The van der Waals surface area contributed by atoms with Gasteiger partial charge >= 0.3 is 0 Å². The minimum Gasteiger partial charge on any atom is -0.410 e. The van der Waals surface area contributed by atoms with Crippen LogP contribution in [-0.4, -0.2) is 14.8 Å². The highest BCUT2D eigenvalue weighted by atomic mass is 35.5. The second-order valence-electron chi connectivity index (χ2n) is 4.56. The van der Waals surface area contributed by atoms with Crippen molar-refractivity contribution in [2.45, 2.75) is 6.54 Å². The molecular formula is C15H13ClN4O. The Labute approximate surface area is 126 Å². The van der Waals surface area contributed by atoms with Gasteiger partial charge in [0.15, 0.2) is 5.75 Å². The highest BCUT2D eigenvalue weighted by molar-refractivity contribution is 6.32. The molecular weight excluding hydrogens is 288 g/mol. The summed E-state index contributed by atoms with van der Waals surface area (Å²) < 4.78 is 1.78. The van der Waals surface area contributed by atoms with E-state index < -0.39 is 0 Å². The molecule has 21 heavy (non-hydrogen) atoms. The maximum Gasteiger partial charge on any atom is 0.165 e. The standard InChI is InChI=1S/C15H13ClN4O/c16-14-7-13(4-5-15(14)21-17)12-3-1-2-11(6-12)8-20-10-18-9-19-20/h1-7,9-10H,8,17H2. The molecule has 0 spiro atoms. The zero-order valence-corrected chi connectivity index (χ0v) is 11.9. The van der Waals surface area contributed by atoms with Crippen molar-refractivity contribution in [1.82, 2.24) is 14.8 Å². The van der Waals surface area contributed by atoms with Crippen LogP contribution in [0.5, 0.6) is 5.75 Å². The van der Waals surface area contributed by atoms with E-state index in [1.165, 1.54) is 6.33 Å². The topological polar surface area (TPSA) is 66.0 Å². The summed E-state index contributed by atoms with van der Waals surface area (Å²) in [5.41, 5.74) is 3.20. The summed E-state index contributed by atoms with van der Waals surface area (Å²) in [6.07, 6.45) is 3.21. The molecule has 0 amide bonds. The van der Waals surface area contributed by atoms with Crippen molar-refractivity contribution in [2.24, 2.45) is 5.90 Å². The fourth-order valence-corrected chi connectivity index (χ4v) is 2.35. The Hall–Kier alpha value is -2.37. The Morgan fingerprint density at radius 1 is 1.14 bits per heavy atom. The minimum absolute atomic E-state index is 0.458. The average Bonchev–Trinajstić information content (AvgIpc) is 3.00. The quantitative estimate of drug-likeness (QED) is 0.752. The van der Waals surface area contributed by atoms with Gasteiger partial charge in [0.1, 0.15) is 12.7 Å². The van der Waals surface area contributed by atoms with Crippen LogP contribution in [0.1, 0.15) is 5.56 Å². The second kappa shape index (κ2) is 5.95. The number of rotatable bonds is 4. The molecule has 0 aliphatic carbocycles. The van der Waals surface area contributed by atoms with Crippen LogP contribution in [0.25, 0.3) is 11.1 Å². The molecule has 0 bridgehead atoms. The van der Waals surface area contributed by atoms with Gasteiger partial charge in [-0.25, -0.2) is 9.67 Å². The summed E-state index contributed by atoms with van der Waals surface area (Å²) in [5.74, 6) is 5.60. The zero-order valence-electron chi connectivity index (χ0n) is 11.1. The van der Waals surface area contributed by atoms with E-state index in [9.17, 15) is 0 Å². The first-order valence-corrected chi connectivity index (χ1v) is 6.72. The van der Waals surface area contributed by atoms with Gasteiger partial charge < -0.3 is 4.84 Å². The second-order valence-corrected chi connectivity index (χ2v) is 4.96.